The van der Waals surface area contributed by atoms with Gasteiger partial charge in [0.1, 0.15) is 0 Å². The third-order valence-electron chi connectivity index (χ3n) is 3.12. The molecule has 1 unspecified atom stereocenters. The van der Waals surface area contributed by atoms with E-state index in [4.69, 9.17) is 11.6 Å². The summed E-state index contributed by atoms with van der Waals surface area (Å²) >= 11 is 6.11. The zero-order valence-electron chi connectivity index (χ0n) is 9.48. The first-order valence-electron chi connectivity index (χ1n) is 5.68. The number of halogens is 3. The molecule has 1 aliphatic rings. The Morgan fingerprint density at radius 1 is 1.44 bits per heavy atom. The average Bonchev–Trinajstić information content (AvgIpc) is 3.12. The van der Waals surface area contributed by atoms with Crippen molar-refractivity contribution in [3.05, 3.63) is 39.4 Å². The largest absolute Gasteiger partial charge is 0.269 e. The molecule has 3 nitrogen and oxygen atoms in total. The molecule has 2 rings (SSSR count). The Labute approximate surface area is 108 Å². The van der Waals surface area contributed by atoms with Crippen molar-refractivity contribution in [1.29, 1.82) is 0 Å². The normalized spacial score (nSPS) is 16.9. The molecule has 1 aromatic rings. The van der Waals surface area contributed by atoms with Gasteiger partial charge in [-0.3, -0.25) is 10.1 Å². The molecule has 1 fully saturated rings. The van der Waals surface area contributed by atoms with Crippen molar-refractivity contribution >= 4 is 17.3 Å². The number of nitro benzene ring substituents is 1. The highest BCUT2D eigenvalue weighted by Crippen LogP contribution is 2.38. The molecule has 18 heavy (non-hydrogen) atoms. The lowest BCUT2D eigenvalue weighted by Crippen LogP contribution is -2.08. The number of benzene rings is 1. The molecule has 0 amide bonds. The summed E-state index contributed by atoms with van der Waals surface area (Å²) in [4.78, 5) is 9.89. The van der Waals surface area contributed by atoms with Crippen LogP contribution in [0.3, 0.4) is 0 Å². The molecule has 1 aliphatic carbocycles. The van der Waals surface area contributed by atoms with Crippen LogP contribution in [0.5, 0.6) is 0 Å². The summed E-state index contributed by atoms with van der Waals surface area (Å²) in [5, 5.41) is 10.4. The lowest BCUT2D eigenvalue weighted by molar-refractivity contribution is -0.385. The highest BCUT2D eigenvalue weighted by atomic mass is 35.5. The summed E-state index contributed by atoms with van der Waals surface area (Å²) in [7, 11) is 0. The van der Waals surface area contributed by atoms with Crippen LogP contribution in [-0.4, -0.2) is 10.3 Å². The van der Waals surface area contributed by atoms with E-state index in [1.165, 1.54) is 12.1 Å². The van der Waals surface area contributed by atoms with Gasteiger partial charge >= 0.3 is 0 Å². The van der Waals surface area contributed by atoms with Crippen molar-refractivity contribution in [1.82, 2.24) is 0 Å². The van der Waals surface area contributed by atoms with Crippen LogP contribution in [0.15, 0.2) is 18.2 Å². The first kappa shape index (κ1) is 13.2. The molecule has 6 heteroatoms. The van der Waals surface area contributed by atoms with Gasteiger partial charge in [0.2, 0.25) is 0 Å². The highest BCUT2D eigenvalue weighted by molar-refractivity contribution is 6.21. The number of hydrogen-bond donors (Lipinski definition) is 0. The van der Waals surface area contributed by atoms with E-state index in [0.29, 0.717) is 17.9 Å². The van der Waals surface area contributed by atoms with Crippen molar-refractivity contribution in [3.63, 3.8) is 0 Å². The maximum Gasteiger partial charge on any atom is 0.269 e. The van der Waals surface area contributed by atoms with E-state index >= 15 is 0 Å². The van der Waals surface area contributed by atoms with Gasteiger partial charge < -0.3 is 0 Å². The fourth-order valence-corrected chi connectivity index (χ4v) is 2.34. The fraction of sp³-hybridized carbons (Fsp3) is 0.500. The predicted octanol–water partition coefficient (Wildman–Crippen LogP) is 4.09. The van der Waals surface area contributed by atoms with Crippen LogP contribution in [0.2, 0.25) is 0 Å². The van der Waals surface area contributed by atoms with E-state index in [-0.39, 0.29) is 16.6 Å². The van der Waals surface area contributed by atoms with Gasteiger partial charge in [0, 0.05) is 23.1 Å². The molecule has 0 radical (unpaired) electrons. The summed E-state index contributed by atoms with van der Waals surface area (Å²) in [6.45, 7) is 0. The smallest absolute Gasteiger partial charge is 0.258 e. The molecule has 1 aromatic carbocycles. The second-order valence-electron chi connectivity index (χ2n) is 4.50. The number of nitrogens with zero attached hydrogens (tertiary/aromatic N) is 1. The van der Waals surface area contributed by atoms with Crippen LogP contribution in [0.25, 0.3) is 0 Å². The Kier molecular flexibility index (Phi) is 3.80. The molecule has 1 atom stereocenters. The standard InChI is InChI=1S/C12H12ClF2NO2/c13-11(7-1-2-7)5-8-3-4-9(16(17)18)6-10(8)12(14)15/h3-4,6-7,11-12H,1-2,5H2. The van der Waals surface area contributed by atoms with Gasteiger partial charge in [0.05, 0.1) is 4.92 Å². The molecule has 0 aliphatic heterocycles. The van der Waals surface area contributed by atoms with Crippen LogP contribution in [0.1, 0.15) is 30.4 Å². The quantitative estimate of drug-likeness (QED) is 0.461. The SMILES string of the molecule is O=[N+]([O-])c1ccc(CC(Cl)C2CC2)c(C(F)F)c1. The molecule has 98 valence electrons. The van der Waals surface area contributed by atoms with Crippen LogP contribution in [-0.2, 0) is 6.42 Å². The van der Waals surface area contributed by atoms with Crippen molar-refractivity contribution in [2.45, 2.75) is 31.1 Å². The summed E-state index contributed by atoms with van der Waals surface area (Å²) in [6.07, 6.45) is -0.316. The van der Waals surface area contributed by atoms with Gasteiger partial charge in [-0.25, -0.2) is 8.78 Å². The molecule has 0 spiro atoms. The molecule has 0 bridgehead atoms. The van der Waals surface area contributed by atoms with Gasteiger partial charge in [-0.15, -0.1) is 11.6 Å². The van der Waals surface area contributed by atoms with Crippen LogP contribution in [0, 0.1) is 16.0 Å². The Bertz CT molecular complexity index is 463. The Hall–Kier alpha value is -1.23. The second kappa shape index (κ2) is 5.18. The number of hydrogen-bond acceptors (Lipinski definition) is 2. The molecule has 0 aromatic heterocycles. The molecular weight excluding hydrogens is 264 g/mol. The number of alkyl halides is 3. The predicted molar refractivity (Wildman–Crippen MR) is 64.1 cm³/mol. The first-order valence-corrected chi connectivity index (χ1v) is 6.12. The molecule has 0 heterocycles. The van der Waals surface area contributed by atoms with Crippen LogP contribution < -0.4 is 0 Å². The number of non-ortho nitro benzene ring substituents is 1. The van der Waals surface area contributed by atoms with Crippen molar-refractivity contribution in [2.75, 3.05) is 0 Å². The van der Waals surface area contributed by atoms with Crippen LogP contribution >= 0.6 is 11.6 Å². The highest BCUT2D eigenvalue weighted by Gasteiger charge is 2.31. The Morgan fingerprint density at radius 2 is 2.11 bits per heavy atom. The zero-order chi connectivity index (χ0) is 13.3. The van der Waals surface area contributed by atoms with E-state index < -0.39 is 11.3 Å². The maximum atomic E-state index is 12.9. The van der Waals surface area contributed by atoms with Crippen LogP contribution in [0.4, 0.5) is 14.5 Å². The van der Waals surface area contributed by atoms with Gasteiger partial charge in [-0.05, 0) is 30.7 Å². The maximum absolute atomic E-state index is 12.9. The van der Waals surface area contributed by atoms with Gasteiger partial charge in [-0.2, -0.15) is 0 Å². The van der Waals surface area contributed by atoms with E-state index in [1.807, 2.05) is 0 Å². The van der Waals surface area contributed by atoms with Crippen molar-refractivity contribution in [3.8, 4) is 0 Å². The van der Waals surface area contributed by atoms with E-state index in [2.05, 4.69) is 0 Å². The zero-order valence-corrected chi connectivity index (χ0v) is 10.2. The van der Waals surface area contributed by atoms with E-state index in [0.717, 1.165) is 18.9 Å². The van der Waals surface area contributed by atoms with E-state index in [1.54, 1.807) is 0 Å². The topological polar surface area (TPSA) is 43.1 Å². The minimum Gasteiger partial charge on any atom is -0.258 e. The summed E-state index contributed by atoms with van der Waals surface area (Å²) in [5.41, 5.74) is -0.190. The Balaban J connectivity index is 2.24. The monoisotopic (exact) mass is 275 g/mol. The Morgan fingerprint density at radius 3 is 2.61 bits per heavy atom. The lowest BCUT2D eigenvalue weighted by atomic mass is 10.0. The van der Waals surface area contributed by atoms with Crippen molar-refractivity contribution < 1.29 is 13.7 Å². The summed E-state index contributed by atoms with van der Waals surface area (Å²) < 4.78 is 25.7. The first-order chi connectivity index (χ1) is 8.49. The fourth-order valence-electron chi connectivity index (χ4n) is 1.92. The average molecular weight is 276 g/mol. The minimum atomic E-state index is -2.72. The van der Waals surface area contributed by atoms with Gasteiger partial charge in [0.15, 0.2) is 0 Å². The summed E-state index contributed by atoms with van der Waals surface area (Å²) in [5.74, 6) is 0.396. The van der Waals surface area contributed by atoms with Crippen molar-refractivity contribution in [2.24, 2.45) is 5.92 Å². The number of rotatable bonds is 5. The molecule has 1 saturated carbocycles. The molecule has 0 N–H and O–H groups in total. The van der Waals surface area contributed by atoms with Gasteiger partial charge in [0.25, 0.3) is 12.1 Å². The number of nitro groups is 1. The molecule has 0 saturated heterocycles. The van der Waals surface area contributed by atoms with Gasteiger partial charge in [-0.1, -0.05) is 6.07 Å². The minimum absolute atomic E-state index is 0.163. The third-order valence-corrected chi connectivity index (χ3v) is 3.63. The summed E-state index contributed by atoms with van der Waals surface area (Å²) in [6, 6.07) is 3.58. The molecular formula is C12H12ClF2NO2. The second-order valence-corrected chi connectivity index (χ2v) is 5.06. The lowest BCUT2D eigenvalue weighted by Gasteiger charge is -2.12. The van der Waals surface area contributed by atoms with E-state index in [9.17, 15) is 18.9 Å². The third kappa shape index (κ3) is 2.96.